The summed E-state index contributed by atoms with van der Waals surface area (Å²) in [6.45, 7) is -1.19. The molecule has 0 saturated heterocycles. The van der Waals surface area contributed by atoms with Gasteiger partial charge in [0.15, 0.2) is 29.1 Å². The molecule has 1 aliphatic heterocycles. The van der Waals surface area contributed by atoms with Crippen molar-refractivity contribution >= 4 is 52.2 Å². The molecule has 0 saturated carbocycles. The Labute approximate surface area is 147 Å². The van der Waals surface area contributed by atoms with Crippen molar-refractivity contribution in [3.63, 3.8) is 0 Å². The van der Waals surface area contributed by atoms with Crippen molar-refractivity contribution in [2.75, 3.05) is 5.23 Å². The zero-order valence-electron chi connectivity index (χ0n) is 12.2. The van der Waals surface area contributed by atoms with Gasteiger partial charge in [0.1, 0.15) is 0 Å². The molecule has 0 bridgehead atoms. The molecule has 0 spiro atoms. The number of hydrogen-bond acceptors (Lipinski definition) is 3. The lowest BCUT2D eigenvalue weighted by Gasteiger charge is -2.24. The van der Waals surface area contributed by atoms with E-state index in [1.165, 1.54) is 22.7 Å². The molecule has 0 aliphatic carbocycles. The lowest BCUT2D eigenvalue weighted by Crippen LogP contribution is -2.46. The van der Waals surface area contributed by atoms with Crippen molar-refractivity contribution in [3.05, 3.63) is 67.8 Å². The summed E-state index contributed by atoms with van der Waals surface area (Å²) in [5.41, 5.74) is 0.153. The third-order valence-electron chi connectivity index (χ3n) is 3.93. The maximum absolute atomic E-state index is 14.3. The van der Waals surface area contributed by atoms with Gasteiger partial charge in [-0.25, -0.2) is 22.0 Å². The van der Waals surface area contributed by atoms with E-state index in [0.29, 0.717) is 16.0 Å². The summed E-state index contributed by atoms with van der Waals surface area (Å²) in [4.78, 5) is 1.50. The molecule has 0 amide bonds. The Morgan fingerprint density at radius 1 is 0.800 bits per heavy atom. The Hall–Kier alpha value is -2.13. The van der Waals surface area contributed by atoms with Gasteiger partial charge in [-0.05, 0) is 34.4 Å². The molecule has 3 aromatic rings. The first-order valence-corrected chi connectivity index (χ1v) is 8.85. The molecule has 0 radical (unpaired) electrons. The number of benzene rings is 1. The standard InChI is InChI=1S/C16H7BF5NS2/c18-12-11(13(19)15(21)16(22)14(12)20)17-7(9-2-1-4-24-9)6-10-8(23-17)3-5-25-10/h1-6,23H. The summed E-state index contributed by atoms with van der Waals surface area (Å²) in [7, 11) is 0. The fourth-order valence-electron chi connectivity index (χ4n) is 2.77. The predicted octanol–water partition coefficient (Wildman–Crippen LogP) is 4.91. The van der Waals surface area contributed by atoms with Crippen molar-refractivity contribution in [2.45, 2.75) is 0 Å². The third kappa shape index (κ3) is 2.49. The van der Waals surface area contributed by atoms with Crippen LogP contribution in [0, 0.1) is 29.1 Å². The first-order valence-electron chi connectivity index (χ1n) is 7.10. The van der Waals surface area contributed by atoms with E-state index in [1.54, 1.807) is 35.0 Å². The first-order chi connectivity index (χ1) is 12.0. The molecule has 9 heteroatoms. The topological polar surface area (TPSA) is 12.0 Å². The summed E-state index contributed by atoms with van der Waals surface area (Å²) >= 11 is 2.73. The Morgan fingerprint density at radius 3 is 2.12 bits per heavy atom. The first kappa shape index (κ1) is 16.3. The van der Waals surface area contributed by atoms with E-state index >= 15 is 0 Å². The average molecular weight is 383 g/mol. The number of halogens is 5. The molecular weight excluding hydrogens is 376 g/mol. The Kier molecular flexibility index (Phi) is 3.92. The van der Waals surface area contributed by atoms with E-state index in [9.17, 15) is 22.0 Å². The molecule has 4 rings (SSSR count). The molecular formula is C16H7BF5NS2. The minimum Gasteiger partial charge on any atom is -0.419 e. The highest BCUT2D eigenvalue weighted by Crippen LogP contribution is 2.36. The minimum absolute atomic E-state index is 0.452. The summed E-state index contributed by atoms with van der Waals surface area (Å²) in [5.74, 6) is -9.70. The molecule has 1 nitrogen and oxygen atoms in total. The number of hydrogen-bond donors (Lipinski definition) is 1. The van der Waals surface area contributed by atoms with E-state index in [1.807, 2.05) is 0 Å². The van der Waals surface area contributed by atoms with Crippen molar-refractivity contribution in [3.8, 4) is 0 Å². The Morgan fingerprint density at radius 2 is 1.48 bits per heavy atom. The molecule has 126 valence electrons. The molecule has 0 unspecified atom stereocenters. The lowest BCUT2D eigenvalue weighted by atomic mass is 9.48. The van der Waals surface area contributed by atoms with Crippen LogP contribution in [-0.2, 0) is 0 Å². The summed E-state index contributed by atoms with van der Waals surface area (Å²) < 4.78 is 69.3. The molecule has 1 N–H and O–H groups in total. The average Bonchev–Trinajstić information content (AvgIpc) is 3.28. The van der Waals surface area contributed by atoms with E-state index in [2.05, 4.69) is 5.23 Å². The Bertz CT molecular complexity index is 967. The molecule has 2 aromatic heterocycles. The maximum atomic E-state index is 14.3. The normalized spacial score (nSPS) is 13.5. The fourth-order valence-corrected chi connectivity index (χ4v) is 4.34. The van der Waals surface area contributed by atoms with Crippen LogP contribution >= 0.6 is 22.7 Å². The van der Waals surface area contributed by atoms with Gasteiger partial charge < -0.3 is 5.23 Å². The van der Waals surface area contributed by atoms with Crippen LogP contribution in [0.1, 0.15) is 9.75 Å². The molecule has 25 heavy (non-hydrogen) atoms. The minimum atomic E-state index is -2.16. The predicted molar refractivity (Wildman–Crippen MR) is 91.8 cm³/mol. The second kappa shape index (κ2) is 6.00. The second-order valence-electron chi connectivity index (χ2n) is 5.34. The molecule has 1 aliphatic rings. The van der Waals surface area contributed by atoms with Gasteiger partial charge in [0.25, 0.3) is 0 Å². The highest BCUT2D eigenvalue weighted by Gasteiger charge is 2.38. The van der Waals surface area contributed by atoms with Crippen LogP contribution in [0.15, 0.2) is 29.0 Å². The van der Waals surface area contributed by atoms with Crippen molar-refractivity contribution in [2.24, 2.45) is 0 Å². The number of rotatable bonds is 2. The number of nitrogens with one attached hydrogen (secondary N) is 1. The fraction of sp³-hybridized carbons (Fsp3) is 0. The number of fused-ring (bicyclic) bond motifs is 1. The van der Waals surface area contributed by atoms with Gasteiger partial charge in [-0.3, -0.25) is 0 Å². The molecule has 0 atom stereocenters. The summed E-state index contributed by atoms with van der Waals surface area (Å²) in [6.07, 6.45) is 1.71. The van der Waals surface area contributed by atoms with Gasteiger partial charge in [0, 0.05) is 20.9 Å². The molecule has 0 fully saturated rings. The van der Waals surface area contributed by atoms with E-state index in [4.69, 9.17) is 0 Å². The zero-order chi connectivity index (χ0) is 17.7. The zero-order valence-corrected chi connectivity index (χ0v) is 13.9. The Balaban J connectivity index is 1.96. The van der Waals surface area contributed by atoms with Crippen LogP contribution in [0.3, 0.4) is 0 Å². The van der Waals surface area contributed by atoms with Gasteiger partial charge in [-0.2, -0.15) is 0 Å². The smallest absolute Gasteiger partial charge is 0.328 e. The van der Waals surface area contributed by atoms with Gasteiger partial charge in [0.05, 0.1) is 0 Å². The van der Waals surface area contributed by atoms with Crippen molar-refractivity contribution in [1.29, 1.82) is 0 Å². The van der Waals surface area contributed by atoms with Gasteiger partial charge in [-0.15, -0.1) is 22.7 Å². The number of anilines is 1. The van der Waals surface area contributed by atoms with Crippen LogP contribution < -0.4 is 10.7 Å². The van der Waals surface area contributed by atoms with Gasteiger partial charge in [-0.1, -0.05) is 6.07 Å². The van der Waals surface area contributed by atoms with E-state index < -0.39 is 41.4 Å². The quantitative estimate of drug-likeness (QED) is 0.287. The van der Waals surface area contributed by atoms with E-state index in [-0.39, 0.29) is 0 Å². The monoisotopic (exact) mass is 383 g/mol. The second-order valence-corrected chi connectivity index (χ2v) is 7.23. The highest BCUT2D eigenvalue weighted by molar-refractivity contribution is 7.15. The van der Waals surface area contributed by atoms with Gasteiger partial charge >= 0.3 is 6.85 Å². The SMILES string of the molecule is Fc1c(F)c(F)c(B2Nc3ccsc3C=C2c2cccs2)c(F)c1F. The van der Waals surface area contributed by atoms with Crippen LogP contribution in [0.4, 0.5) is 27.6 Å². The largest absolute Gasteiger partial charge is 0.419 e. The third-order valence-corrected chi connectivity index (χ3v) is 5.71. The van der Waals surface area contributed by atoms with Crippen LogP contribution in [0.25, 0.3) is 11.5 Å². The van der Waals surface area contributed by atoms with Crippen LogP contribution in [0.5, 0.6) is 0 Å². The maximum Gasteiger partial charge on any atom is 0.328 e. The molecule has 3 heterocycles. The highest BCUT2D eigenvalue weighted by atomic mass is 32.1. The number of thiophene rings is 2. The van der Waals surface area contributed by atoms with Gasteiger partial charge in [0.2, 0.25) is 0 Å². The van der Waals surface area contributed by atoms with Crippen molar-refractivity contribution < 1.29 is 22.0 Å². The summed E-state index contributed by atoms with van der Waals surface area (Å²) in [6, 6.07) is 5.18. The van der Waals surface area contributed by atoms with Crippen LogP contribution in [-0.4, -0.2) is 6.85 Å². The lowest BCUT2D eigenvalue weighted by molar-refractivity contribution is 0.384. The van der Waals surface area contributed by atoms with Crippen LogP contribution in [0.2, 0.25) is 0 Å². The van der Waals surface area contributed by atoms with Crippen molar-refractivity contribution in [1.82, 2.24) is 0 Å². The summed E-state index contributed by atoms with van der Waals surface area (Å²) in [5, 5.41) is 6.45. The molecule has 1 aromatic carbocycles. The van der Waals surface area contributed by atoms with E-state index in [0.717, 1.165) is 4.88 Å².